The van der Waals surface area contributed by atoms with Crippen molar-refractivity contribution in [2.75, 3.05) is 26.3 Å². The number of amides is 1. The van der Waals surface area contributed by atoms with Gasteiger partial charge in [-0.25, -0.2) is 4.39 Å². The second-order valence-corrected chi connectivity index (χ2v) is 10.8. The van der Waals surface area contributed by atoms with E-state index in [9.17, 15) is 22.4 Å². The van der Waals surface area contributed by atoms with Crippen molar-refractivity contribution in [3.05, 3.63) is 118 Å². The molecule has 0 N–H and O–H groups in total. The molecular weight excluding hydrogens is 598 g/mol. The number of benzene rings is 4. The van der Waals surface area contributed by atoms with E-state index in [-0.39, 0.29) is 40.5 Å². The van der Waals surface area contributed by atoms with Gasteiger partial charge in [0.25, 0.3) is 5.91 Å². The molecule has 0 radical (unpaired) electrons. The van der Waals surface area contributed by atoms with E-state index in [0.29, 0.717) is 48.9 Å². The van der Waals surface area contributed by atoms with Gasteiger partial charge in [0, 0.05) is 40.2 Å². The van der Waals surface area contributed by atoms with Crippen molar-refractivity contribution in [1.82, 2.24) is 14.7 Å². The maximum atomic E-state index is 14.7. The minimum absolute atomic E-state index is 0.0763. The van der Waals surface area contributed by atoms with Gasteiger partial charge in [-0.05, 0) is 48.0 Å². The lowest BCUT2D eigenvalue weighted by Crippen LogP contribution is -2.40. The van der Waals surface area contributed by atoms with Gasteiger partial charge < -0.3 is 14.4 Å². The highest BCUT2D eigenvalue weighted by atomic mass is 35.5. The molecular formula is C33H26ClF4N3O3. The highest BCUT2D eigenvalue weighted by Gasteiger charge is 2.34. The Balaban J connectivity index is 1.32. The molecule has 0 spiro atoms. The maximum absolute atomic E-state index is 14.7. The zero-order valence-corrected chi connectivity index (χ0v) is 24.0. The third kappa shape index (κ3) is 6.27. The molecule has 1 aliphatic rings. The number of morpholine rings is 1. The highest BCUT2D eigenvalue weighted by Crippen LogP contribution is 2.39. The van der Waals surface area contributed by atoms with Gasteiger partial charge >= 0.3 is 6.18 Å². The average molecular weight is 624 g/mol. The van der Waals surface area contributed by atoms with Gasteiger partial charge in [-0.2, -0.15) is 18.3 Å². The number of aromatic nitrogens is 2. The normalized spacial score (nSPS) is 13.8. The summed E-state index contributed by atoms with van der Waals surface area (Å²) in [5.74, 6) is -0.212. The van der Waals surface area contributed by atoms with Crippen LogP contribution in [0.25, 0.3) is 22.2 Å². The van der Waals surface area contributed by atoms with Gasteiger partial charge in [0.1, 0.15) is 23.7 Å². The number of carbonyl (C=O) groups excluding carboxylic acids is 1. The van der Waals surface area contributed by atoms with Gasteiger partial charge in [0.05, 0.1) is 31.0 Å². The van der Waals surface area contributed by atoms with Gasteiger partial charge in [0.15, 0.2) is 0 Å². The van der Waals surface area contributed by atoms with E-state index in [0.717, 1.165) is 17.7 Å². The van der Waals surface area contributed by atoms with E-state index >= 15 is 0 Å². The molecule has 1 fully saturated rings. The first kappa shape index (κ1) is 29.7. The smallest absolute Gasteiger partial charge is 0.418 e. The minimum Gasteiger partial charge on any atom is -0.489 e. The summed E-state index contributed by atoms with van der Waals surface area (Å²) in [6.07, 6.45) is -4.63. The highest BCUT2D eigenvalue weighted by molar-refractivity contribution is 6.30. The van der Waals surface area contributed by atoms with Crippen molar-refractivity contribution in [3.8, 4) is 17.0 Å². The first-order valence-corrected chi connectivity index (χ1v) is 14.2. The Bertz CT molecular complexity index is 1830. The molecule has 2 heterocycles. The molecule has 5 aromatic rings. The predicted molar refractivity (Wildman–Crippen MR) is 158 cm³/mol. The molecule has 4 aromatic carbocycles. The van der Waals surface area contributed by atoms with Crippen LogP contribution in [0.4, 0.5) is 17.6 Å². The van der Waals surface area contributed by atoms with E-state index in [1.165, 1.54) is 22.9 Å². The molecule has 0 bridgehead atoms. The molecule has 0 saturated carbocycles. The zero-order chi connectivity index (χ0) is 30.8. The fourth-order valence-electron chi connectivity index (χ4n) is 5.25. The monoisotopic (exact) mass is 623 g/mol. The topological polar surface area (TPSA) is 56.6 Å². The van der Waals surface area contributed by atoms with Crippen molar-refractivity contribution >= 4 is 28.4 Å². The Kier molecular flexibility index (Phi) is 8.29. The van der Waals surface area contributed by atoms with Crippen LogP contribution < -0.4 is 4.74 Å². The van der Waals surface area contributed by atoms with Gasteiger partial charge in [0.2, 0.25) is 0 Å². The van der Waals surface area contributed by atoms with E-state index in [4.69, 9.17) is 21.1 Å². The Morgan fingerprint density at radius 3 is 2.50 bits per heavy atom. The summed E-state index contributed by atoms with van der Waals surface area (Å²) in [6, 6.07) is 22.1. The lowest BCUT2D eigenvalue weighted by Gasteiger charge is -2.27. The number of halogens is 5. The fraction of sp³-hybridized carbons (Fsp3) is 0.212. The van der Waals surface area contributed by atoms with E-state index in [1.807, 2.05) is 6.07 Å². The first-order valence-electron chi connectivity index (χ1n) is 13.9. The van der Waals surface area contributed by atoms with Crippen molar-refractivity contribution in [1.29, 1.82) is 0 Å². The molecule has 0 unspecified atom stereocenters. The second-order valence-electron chi connectivity index (χ2n) is 10.4. The molecule has 6 nitrogen and oxygen atoms in total. The summed E-state index contributed by atoms with van der Waals surface area (Å²) in [7, 11) is 0. The van der Waals surface area contributed by atoms with E-state index in [2.05, 4.69) is 5.10 Å². The molecule has 226 valence electrons. The summed E-state index contributed by atoms with van der Waals surface area (Å²) in [5.41, 5.74) is 1.34. The predicted octanol–water partition coefficient (Wildman–Crippen LogP) is 7.61. The molecule has 1 aromatic heterocycles. The molecule has 1 amide bonds. The Hall–Kier alpha value is -4.41. The molecule has 0 aliphatic carbocycles. The van der Waals surface area contributed by atoms with Crippen molar-refractivity contribution in [2.24, 2.45) is 0 Å². The van der Waals surface area contributed by atoms with Gasteiger partial charge in [-0.15, -0.1) is 0 Å². The zero-order valence-electron chi connectivity index (χ0n) is 23.3. The van der Waals surface area contributed by atoms with Gasteiger partial charge in [-0.1, -0.05) is 54.1 Å². The molecule has 1 saturated heterocycles. The summed E-state index contributed by atoms with van der Waals surface area (Å²) in [5, 5.41) is 4.79. The third-order valence-electron chi connectivity index (χ3n) is 7.40. The molecule has 44 heavy (non-hydrogen) atoms. The Labute approximate surface area is 255 Å². The SMILES string of the molecule is O=C(c1cccc(COc2cccc(-c3c4cccc(C(F)(F)F)c4nn3Cc3ccc(Cl)cc3F)c2)c1)N1CCOCC1. The Morgan fingerprint density at radius 1 is 0.955 bits per heavy atom. The van der Waals surface area contributed by atoms with E-state index in [1.54, 1.807) is 53.4 Å². The number of nitrogens with zero attached hydrogens (tertiary/aromatic N) is 3. The van der Waals surface area contributed by atoms with Crippen LogP contribution in [0.15, 0.2) is 84.9 Å². The van der Waals surface area contributed by atoms with Crippen LogP contribution in [0.3, 0.4) is 0 Å². The molecule has 0 atom stereocenters. The van der Waals surface area contributed by atoms with Crippen LogP contribution in [-0.2, 0) is 24.1 Å². The summed E-state index contributed by atoms with van der Waals surface area (Å²) in [6.45, 7) is 2.11. The van der Waals surface area contributed by atoms with Crippen molar-refractivity contribution in [3.63, 3.8) is 0 Å². The number of carbonyl (C=O) groups is 1. The third-order valence-corrected chi connectivity index (χ3v) is 7.63. The quantitative estimate of drug-likeness (QED) is 0.175. The van der Waals surface area contributed by atoms with Crippen LogP contribution in [-0.4, -0.2) is 46.9 Å². The Morgan fingerprint density at radius 2 is 1.73 bits per heavy atom. The number of alkyl halides is 3. The second kappa shape index (κ2) is 12.3. The van der Waals surface area contributed by atoms with Gasteiger partial charge in [-0.3, -0.25) is 9.48 Å². The van der Waals surface area contributed by atoms with Crippen LogP contribution in [0, 0.1) is 5.82 Å². The van der Waals surface area contributed by atoms with Crippen LogP contribution in [0.5, 0.6) is 5.75 Å². The summed E-state index contributed by atoms with van der Waals surface area (Å²) in [4.78, 5) is 14.7. The van der Waals surface area contributed by atoms with Crippen molar-refractivity contribution < 1.29 is 31.8 Å². The lowest BCUT2D eigenvalue weighted by atomic mass is 10.0. The first-order chi connectivity index (χ1) is 21.2. The standard InChI is InChI=1S/C33H26ClF4N3O3/c34-25-11-10-24(29(35)18-25)19-41-31(27-8-3-9-28(30(27)39-41)33(36,37)38)22-5-2-7-26(17-22)44-20-21-4-1-6-23(16-21)32(42)40-12-14-43-15-13-40/h1-11,16-18H,12-15,19-20H2. The van der Waals surface area contributed by atoms with Crippen molar-refractivity contribution in [2.45, 2.75) is 19.3 Å². The fourth-order valence-corrected chi connectivity index (χ4v) is 5.41. The lowest BCUT2D eigenvalue weighted by molar-refractivity contribution is -0.136. The van der Waals surface area contributed by atoms with Crippen LogP contribution in [0.2, 0.25) is 5.02 Å². The average Bonchev–Trinajstić information content (AvgIpc) is 3.39. The van der Waals surface area contributed by atoms with Crippen LogP contribution in [0.1, 0.15) is 27.0 Å². The number of ether oxygens (including phenoxy) is 2. The minimum atomic E-state index is -4.63. The number of hydrogen-bond donors (Lipinski definition) is 0. The maximum Gasteiger partial charge on any atom is 0.418 e. The van der Waals surface area contributed by atoms with E-state index < -0.39 is 17.6 Å². The largest absolute Gasteiger partial charge is 0.489 e. The van der Waals surface area contributed by atoms with Crippen LogP contribution >= 0.6 is 11.6 Å². The molecule has 11 heteroatoms. The summed E-state index contributed by atoms with van der Waals surface area (Å²) < 4.78 is 69.3. The number of hydrogen-bond acceptors (Lipinski definition) is 4. The number of fused-ring (bicyclic) bond motifs is 1. The molecule has 1 aliphatic heterocycles. The summed E-state index contributed by atoms with van der Waals surface area (Å²) >= 11 is 5.91. The molecule has 6 rings (SSSR count). The number of rotatable bonds is 7.